The molecule has 0 atom stereocenters. The van der Waals surface area contributed by atoms with Gasteiger partial charge in [0, 0.05) is 22.6 Å². The number of fused-ring (bicyclic) bond motifs is 1. The summed E-state index contributed by atoms with van der Waals surface area (Å²) in [4.78, 5) is 17.1. The van der Waals surface area contributed by atoms with Crippen LogP contribution in [-0.4, -0.2) is 38.6 Å². The van der Waals surface area contributed by atoms with Crippen LogP contribution in [0.3, 0.4) is 0 Å². The molecule has 0 bridgehead atoms. The normalized spacial score (nSPS) is 16.6. The van der Waals surface area contributed by atoms with Gasteiger partial charge in [-0.15, -0.1) is 0 Å². The van der Waals surface area contributed by atoms with Gasteiger partial charge in [0.2, 0.25) is 5.17 Å². The second-order valence-corrected chi connectivity index (χ2v) is 9.14. The fourth-order valence-electron chi connectivity index (χ4n) is 3.97. The lowest BCUT2D eigenvalue weighted by molar-refractivity contribution is -0.114. The van der Waals surface area contributed by atoms with Crippen LogP contribution in [0, 0.1) is 19.3 Å². The zero-order chi connectivity index (χ0) is 24.0. The lowest BCUT2D eigenvalue weighted by Gasteiger charge is -2.20. The third-order valence-corrected chi connectivity index (χ3v) is 6.89. The van der Waals surface area contributed by atoms with E-state index in [4.69, 9.17) is 21.7 Å². The van der Waals surface area contributed by atoms with E-state index in [9.17, 15) is 4.79 Å². The first-order chi connectivity index (χ1) is 16.4. The summed E-state index contributed by atoms with van der Waals surface area (Å²) in [5, 5.41) is 16.2. The monoisotopic (exact) mass is 489 g/mol. The third kappa shape index (κ3) is 3.74. The molecule has 0 saturated carbocycles. The van der Waals surface area contributed by atoms with Crippen molar-refractivity contribution in [2.45, 2.75) is 13.8 Å². The predicted octanol–water partition coefficient (Wildman–Crippen LogP) is 5.42. The van der Waals surface area contributed by atoms with Crippen LogP contribution in [0.4, 0.5) is 0 Å². The van der Waals surface area contributed by atoms with Crippen molar-refractivity contribution in [1.82, 2.24) is 9.58 Å². The number of nitrogens with one attached hydrogen (secondary N) is 1. The fraction of sp³-hybridized carbons (Fsp3) is 0.120. The molecule has 0 spiro atoms. The molecule has 2 aliphatic heterocycles. The van der Waals surface area contributed by atoms with Gasteiger partial charge in [-0.2, -0.15) is 15.1 Å². The van der Waals surface area contributed by atoms with Crippen molar-refractivity contribution < 1.29 is 9.53 Å². The van der Waals surface area contributed by atoms with Crippen LogP contribution in [-0.2, 0) is 4.79 Å². The number of amides is 1. The summed E-state index contributed by atoms with van der Waals surface area (Å²) in [7, 11) is 1.58. The van der Waals surface area contributed by atoms with Crippen LogP contribution in [0.5, 0.6) is 5.75 Å². The van der Waals surface area contributed by atoms with Crippen molar-refractivity contribution in [1.29, 1.82) is 5.41 Å². The summed E-state index contributed by atoms with van der Waals surface area (Å²) in [5.41, 5.74) is 4.67. The maximum atomic E-state index is 12.9. The first-order valence-electron chi connectivity index (χ1n) is 10.5. The molecule has 170 valence electrons. The number of thioether (sulfide) groups is 1. The number of carbonyl (C=O) groups excluding carboxylic acids is 1. The average Bonchev–Trinajstić information content (AvgIpc) is 3.37. The minimum absolute atomic E-state index is 0.00530. The van der Waals surface area contributed by atoms with E-state index in [0.717, 1.165) is 28.2 Å². The summed E-state index contributed by atoms with van der Waals surface area (Å²) in [5.74, 6) is 0.153. The van der Waals surface area contributed by atoms with Crippen molar-refractivity contribution in [3.63, 3.8) is 0 Å². The molecule has 0 fully saturated rings. The standard InChI is InChI=1S/C25H20ClN5O2S/c1-14-11-17(15(2)30(14)18-9-10-21(33-3)20(26)13-18)12-19-22(27)31-25(28-23(19)32)34-24(29-31)16-7-5-4-6-8-16/h4-13,27H,1-3H3/b19-12+,27-22?. The molecule has 7 nitrogen and oxygen atoms in total. The van der Waals surface area contributed by atoms with E-state index < -0.39 is 5.91 Å². The molecule has 0 aliphatic carbocycles. The second kappa shape index (κ2) is 8.62. The van der Waals surface area contributed by atoms with Gasteiger partial charge in [-0.25, -0.2) is 0 Å². The van der Waals surface area contributed by atoms with Gasteiger partial charge in [0.05, 0.1) is 17.7 Å². The molecule has 0 unspecified atom stereocenters. The Morgan fingerprint density at radius 1 is 1.12 bits per heavy atom. The zero-order valence-electron chi connectivity index (χ0n) is 18.7. The number of hydrogen-bond donors (Lipinski definition) is 1. The largest absolute Gasteiger partial charge is 0.495 e. The second-order valence-electron chi connectivity index (χ2n) is 7.77. The molecule has 1 N–H and O–H groups in total. The van der Waals surface area contributed by atoms with Crippen LogP contribution in [0.1, 0.15) is 22.5 Å². The number of rotatable bonds is 4. The Morgan fingerprint density at radius 3 is 2.59 bits per heavy atom. The summed E-state index contributed by atoms with van der Waals surface area (Å²) >= 11 is 7.62. The molecule has 3 heterocycles. The van der Waals surface area contributed by atoms with Gasteiger partial charge in [0.15, 0.2) is 5.84 Å². The number of halogens is 1. The van der Waals surface area contributed by atoms with E-state index in [1.165, 1.54) is 16.8 Å². The fourth-order valence-corrected chi connectivity index (χ4v) is 5.12. The van der Waals surface area contributed by atoms with E-state index in [1.54, 1.807) is 13.2 Å². The lowest BCUT2D eigenvalue weighted by atomic mass is 10.1. The van der Waals surface area contributed by atoms with Gasteiger partial charge in [0.25, 0.3) is 5.91 Å². The smallest absolute Gasteiger partial charge is 0.283 e. The Hall–Kier alpha value is -3.62. The molecular weight excluding hydrogens is 470 g/mol. The molecule has 1 amide bonds. The van der Waals surface area contributed by atoms with Crippen LogP contribution < -0.4 is 4.74 Å². The molecule has 34 heavy (non-hydrogen) atoms. The molecule has 1 aromatic heterocycles. The van der Waals surface area contributed by atoms with E-state index in [0.29, 0.717) is 21.0 Å². The topological polar surface area (TPSA) is 83.0 Å². The third-order valence-electron chi connectivity index (χ3n) is 5.64. The molecule has 9 heteroatoms. The van der Waals surface area contributed by atoms with Gasteiger partial charge in [-0.05, 0) is 61.5 Å². The number of aromatic nitrogens is 1. The maximum Gasteiger partial charge on any atom is 0.283 e. The number of methoxy groups -OCH3 is 1. The number of amidine groups is 2. The minimum atomic E-state index is -0.453. The number of ether oxygens (including phenoxy) is 1. The first-order valence-corrected chi connectivity index (χ1v) is 11.7. The summed E-state index contributed by atoms with van der Waals surface area (Å²) in [6, 6.07) is 17.2. The van der Waals surface area contributed by atoms with Crippen LogP contribution in [0.25, 0.3) is 11.8 Å². The van der Waals surface area contributed by atoms with Crippen molar-refractivity contribution in [2.75, 3.05) is 7.11 Å². The maximum absolute atomic E-state index is 12.9. The summed E-state index contributed by atoms with van der Waals surface area (Å²) < 4.78 is 7.30. The van der Waals surface area contributed by atoms with Crippen molar-refractivity contribution in [3.05, 3.63) is 87.7 Å². The van der Waals surface area contributed by atoms with Gasteiger partial charge in [-0.1, -0.05) is 41.9 Å². The number of carbonyl (C=O) groups is 1. The molecular formula is C25H20ClN5O2S. The molecule has 2 aliphatic rings. The quantitative estimate of drug-likeness (QED) is 0.496. The van der Waals surface area contributed by atoms with Crippen LogP contribution >= 0.6 is 23.4 Å². The van der Waals surface area contributed by atoms with E-state index in [1.807, 2.05) is 73.0 Å². The Balaban J connectivity index is 1.51. The number of benzene rings is 2. The van der Waals surface area contributed by atoms with Crippen molar-refractivity contribution in [2.24, 2.45) is 10.1 Å². The Kier molecular flexibility index (Phi) is 5.63. The number of aryl methyl sites for hydroxylation is 1. The van der Waals surface area contributed by atoms with Crippen molar-refractivity contribution in [3.8, 4) is 11.4 Å². The van der Waals surface area contributed by atoms with Crippen LogP contribution in [0.2, 0.25) is 5.02 Å². The highest BCUT2D eigenvalue weighted by Gasteiger charge is 2.36. The number of hydrogen-bond acceptors (Lipinski definition) is 5. The minimum Gasteiger partial charge on any atom is -0.495 e. The Labute approximate surface area is 205 Å². The van der Waals surface area contributed by atoms with Crippen LogP contribution in [0.15, 0.2) is 70.3 Å². The lowest BCUT2D eigenvalue weighted by Crippen LogP contribution is -2.35. The Morgan fingerprint density at radius 2 is 1.88 bits per heavy atom. The number of hydrazone groups is 1. The van der Waals surface area contributed by atoms with E-state index in [-0.39, 0.29) is 11.4 Å². The van der Waals surface area contributed by atoms with E-state index >= 15 is 0 Å². The first kappa shape index (κ1) is 22.2. The van der Waals surface area contributed by atoms with Gasteiger partial charge < -0.3 is 9.30 Å². The zero-order valence-corrected chi connectivity index (χ0v) is 20.2. The summed E-state index contributed by atoms with van der Waals surface area (Å²) in [6.07, 6.45) is 1.70. The summed E-state index contributed by atoms with van der Waals surface area (Å²) in [6.45, 7) is 3.94. The molecule has 5 rings (SSSR count). The highest BCUT2D eigenvalue weighted by Crippen LogP contribution is 2.33. The average molecular weight is 490 g/mol. The highest BCUT2D eigenvalue weighted by atomic mass is 35.5. The van der Waals surface area contributed by atoms with Gasteiger partial charge in [0.1, 0.15) is 10.8 Å². The molecule has 3 aromatic rings. The van der Waals surface area contributed by atoms with Gasteiger partial charge >= 0.3 is 0 Å². The molecule has 0 saturated heterocycles. The van der Waals surface area contributed by atoms with Gasteiger partial charge in [-0.3, -0.25) is 10.2 Å². The predicted molar refractivity (Wildman–Crippen MR) is 137 cm³/mol. The molecule has 2 aromatic carbocycles. The Bertz CT molecular complexity index is 1440. The van der Waals surface area contributed by atoms with E-state index in [2.05, 4.69) is 10.1 Å². The SMILES string of the molecule is COc1ccc(-n2c(C)cc(/C=C3\C(=N)N4N=C(c5ccccc5)SC4=NC3=O)c2C)cc1Cl. The molecule has 0 radical (unpaired) electrons. The number of nitrogens with zero attached hydrogens (tertiary/aromatic N) is 4. The highest BCUT2D eigenvalue weighted by molar-refractivity contribution is 8.27. The number of aliphatic imine (C=N–C) groups is 1. The van der Waals surface area contributed by atoms with Crippen molar-refractivity contribution >= 4 is 51.4 Å².